The molecule has 54 heavy (non-hydrogen) atoms. The van der Waals surface area contributed by atoms with E-state index in [0.717, 1.165) is 51.4 Å². The normalized spacial score (nSPS) is 14.4. The summed E-state index contributed by atoms with van der Waals surface area (Å²) in [6.45, 7) is 4.11. The molecule has 318 valence electrons. The highest BCUT2D eigenvalue weighted by Crippen LogP contribution is 2.43. The smallest absolute Gasteiger partial charge is 0.387 e. The Morgan fingerprint density at radius 2 is 0.981 bits per heavy atom. The average Bonchev–Trinajstić information content (AvgIpc) is 3.16. The van der Waals surface area contributed by atoms with E-state index in [2.05, 4.69) is 43.5 Å². The summed E-state index contributed by atoms with van der Waals surface area (Å²) in [5.41, 5.74) is 5.37. The third kappa shape index (κ3) is 39.0. The van der Waals surface area contributed by atoms with Crippen LogP contribution in [-0.4, -0.2) is 47.8 Å². The molecule has 0 radical (unpaired) electrons. The van der Waals surface area contributed by atoms with Gasteiger partial charge in [0.25, 0.3) is 0 Å². The van der Waals surface area contributed by atoms with Crippen LogP contribution in [-0.2, 0) is 18.4 Å². The fourth-order valence-electron chi connectivity index (χ4n) is 6.50. The van der Waals surface area contributed by atoms with Crippen LogP contribution in [0.5, 0.6) is 0 Å². The summed E-state index contributed by atoms with van der Waals surface area (Å²) in [6, 6.07) is -0.880. The molecule has 0 spiro atoms. The van der Waals surface area contributed by atoms with E-state index in [-0.39, 0.29) is 25.7 Å². The van der Waals surface area contributed by atoms with Crippen molar-refractivity contribution in [3.8, 4) is 0 Å². The Bertz CT molecular complexity index is 943. The molecule has 5 N–H and O–H groups in total. The van der Waals surface area contributed by atoms with Gasteiger partial charge in [-0.2, -0.15) is 0 Å². The van der Waals surface area contributed by atoms with Crippen LogP contribution in [0.25, 0.3) is 0 Å². The van der Waals surface area contributed by atoms with Gasteiger partial charge < -0.3 is 21.1 Å². The number of unbranched alkanes of at least 4 members (excludes halogenated alkanes) is 26. The highest BCUT2D eigenvalue weighted by molar-refractivity contribution is 7.47. The van der Waals surface area contributed by atoms with Gasteiger partial charge in [-0.25, -0.2) is 4.57 Å². The van der Waals surface area contributed by atoms with Crippen LogP contribution in [0, 0.1) is 0 Å². The molecule has 0 saturated heterocycles. The summed E-state index contributed by atoms with van der Waals surface area (Å²) in [5.74, 6) is -0.212. The number of nitrogens with two attached hydrogens (primary N) is 1. The molecule has 0 aromatic rings. The van der Waals surface area contributed by atoms with Crippen LogP contribution in [0.1, 0.15) is 213 Å². The van der Waals surface area contributed by atoms with E-state index < -0.39 is 20.0 Å². The van der Waals surface area contributed by atoms with E-state index in [9.17, 15) is 19.4 Å². The number of carbonyl (C=O) groups excluding carboxylic acids is 1. The van der Waals surface area contributed by atoms with Crippen molar-refractivity contribution in [1.82, 2.24) is 5.32 Å². The standard InChI is InChI=1S/C45H87N2O6P/c1-3-5-7-9-11-13-15-17-19-20-21-22-23-25-26-28-30-32-34-36-38-44(48)43(42-53-54(50,51)52-41-40-46)47-45(49)39-37-35-33-31-29-27-24-18-16-14-12-10-8-6-4-2/h18,24,28,30,36,38,43-44,48H,3-17,19-23,25-27,29,31-35,37,39-42,46H2,1-2H3,(H,47,49)(H,50,51)/b24-18-,30-28+,38-36+. The molecule has 0 aliphatic heterocycles. The maximum atomic E-state index is 12.7. The van der Waals surface area contributed by atoms with E-state index in [1.165, 1.54) is 141 Å². The van der Waals surface area contributed by atoms with E-state index in [4.69, 9.17) is 14.8 Å². The zero-order valence-electron chi connectivity index (χ0n) is 35.2. The highest BCUT2D eigenvalue weighted by Gasteiger charge is 2.26. The minimum absolute atomic E-state index is 0.0727. The molecule has 0 aliphatic carbocycles. The fourth-order valence-corrected chi connectivity index (χ4v) is 7.26. The SMILES string of the molecule is CCCCCCCC/C=C\CCCCCCCC(=O)NC(COP(=O)(O)OCCN)C(O)/C=C/CC/C=C/CCCCCCCCCCCCCCCC. The summed E-state index contributed by atoms with van der Waals surface area (Å²) in [4.78, 5) is 22.7. The molecule has 0 saturated carbocycles. The van der Waals surface area contributed by atoms with E-state index in [1.807, 2.05) is 6.08 Å². The summed E-state index contributed by atoms with van der Waals surface area (Å²) in [6.07, 6.45) is 49.1. The van der Waals surface area contributed by atoms with Crippen LogP contribution in [0.3, 0.4) is 0 Å². The van der Waals surface area contributed by atoms with Crippen molar-refractivity contribution < 1.29 is 28.4 Å². The Hall–Kier alpha value is -1.28. The first-order chi connectivity index (χ1) is 26.4. The number of rotatable bonds is 42. The highest BCUT2D eigenvalue weighted by atomic mass is 31.2. The Balaban J connectivity index is 4.24. The number of amides is 1. The second kappa shape index (κ2) is 41.4. The molecule has 3 atom stereocenters. The number of allylic oxidation sites excluding steroid dienone is 5. The molecule has 0 aromatic heterocycles. The number of phosphoric ester groups is 1. The second-order valence-corrected chi connectivity index (χ2v) is 16.7. The van der Waals surface area contributed by atoms with E-state index >= 15 is 0 Å². The van der Waals surface area contributed by atoms with Crippen LogP contribution in [0.2, 0.25) is 0 Å². The minimum Gasteiger partial charge on any atom is -0.387 e. The Kier molecular flexibility index (Phi) is 40.4. The molecular formula is C45H87N2O6P. The molecular weight excluding hydrogens is 695 g/mol. The minimum atomic E-state index is -4.35. The number of phosphoric acid groups is 1. The first-order valence-corrected chi connectivity index (χ1v) is 24.1. The van der Waals surface area contributed by atoms with Crippen molar-refractivity contribution >= 4 is 13.7 Å². The van der Waals surface area contributed by atoms with Crippen LogP contribution < -0.4 is 11.1 Å². The topological polar surface area (TPSA) is 131 Å². The third-order valence-electron chi connectivity index (χ3n) is 9.94. The predicted molar refractivity (Wildman–Crippen MR) is 231 cm³/mol. The molecule has 3 unspecified atom stereocenters. The first-order valence-electron chi connectivity index (χ1n) is 22.6. The second-order valence-electron chi connectivity index (χ2n) is 15.2. The molecule has 0 heterocycles. The number of carbonyl (C=O) groups is 1. The Morgan fingerprint density at radius 3 is 1.43 bits per heavy atom. The summed E-state index contributed by atoms with van der Waals surface area (Å²) >= 11 is 0. The van der Waals surface area contributed by atoms with Gasteiger partial charge in [-0.15, -0.1) is 0 Å². The molecule has 9 heteroatoms. The van der Waals surface area contributed by atoms with Gasteiger partial charge >= 0.3 is 7.82 Å². The number of aliphatic hydroxyl groups excluding tert-OH is 1. The number of aliphatic hydroxyl groups is 1. The van der Waals surface area contributed by atoms with Crippen molar-refractivity contribution in [2.24, 2.45) is 5.73 Å². The summed E-state index contributed by atoms with van der Waals surface area (Å²) in [5, 5.41) is 13.7. The zero-order valence-corrected chi connectivity index (χ0v) is 36.1. The van der Waals surface area contributed by atoms with Gasteiger partial charge in [-0.1, -0.05) is 185 Å². The molecule has 0 aliphatic rings. The van der Waals surface area contributed by atoms with Crippen LogP contribution >= 0.6 is 7.82 Å². The van der Waals surface area contributed by atoms with Crippen molar-refractivity contribution in [2.45, 2.75) is 225 Å². The number of hydrogen-bond donors (Lipinski definition) is 4. The lowest BCUT2D eigenvalue weighted by atomic mass is 10.0. The van der Waals surface area contributed by atoms with Crippen molar-refractivity contribution in [1.29, 1.82) is 0 Å². The predicted octanol–water partition coefficient (Wildman–Crippen LogP) is 12.7. The number of hydrogen-bond acceptors (Lipinski definition) is 6. The molecule has 0 fully saturated rings. The van der Waals surface area contributed by atoms with Crippen molar-refractivity contribution in [3.05, 3.63) is 36.5 Å². The summed E-state index contributed by atoms with van der Waals surface area (Å²) in [7, 11) is -4.35. The van der Waals surface area contributed by atoms with E-state index in [1.54, 1.807) is 6.08 Å². The van der Waals surface area contributed by atoms with Gasteiger partial charge in [-0.05, 0) is 57.8 Å². The molecule has 0 rings (SSSR count). The third-order valence-corrected chi connectivity index (χ3v) is 10.9. The first kappa shape index (κ1) is 52.7. The number of nitrogens with one attached hydrogen (secondary N) is 1. The zero-order chi connectivity index (χ0) is 39.6. The molecule has 0 bridgehead atoms. The molecule has 8 nitrogen and oxygen atoms in total. The van der Waals surface area contributed by atoms with Crippen molar-refractivity contribution in [3.63, 3.8) is 0 Å². The molecule has 0 aromatic carbocycles. The Labute approximate surface area is 333 Å². The average molecular weight is 783 g/mol. The van der Waals surface area contributed by atoms with Crippen LogP contribution in [0.4, 0.5) is 0 Å². The fraction of sp³-hybridized carbons (Fsp3) is 0.844. The quantitative estimate of drug-likeness (QED) is 0.0275. The van der Waals surface area contributed by atoms with Gasteiger partial charge in [0.15, 0.2) is 0 Å². The van der Waals surface area contributed by atoms with Gasteiger partial charge in [0.1, 0.15) is 0 Å². The lowest BCUT2D eigenvalue weighted by molar-refractivity contribution is -0.123. The van der Waals surface area contributed by atoms with Gasteiger partial charge in [0, 0.05) is 13.0 Å². The van der Waals surface area contributed by atoms with Gasteiger partial charge in [-0.3, -0.25) is 13.8 Å². The van der Waals surface area contributed by atoms with Crippen molar-refractivity contribution in [2.75, 3.05) is 19.8 Å². The van der Waals surface area contributed by atoms with Crippen LogP contribution in [0.15, 0.2) is 36.5 Å². The summed E-state index contributed by atoms with van der Waals surface area (Å²) < 4.78 is 22.1. The Morgan fingerprint density at radius 1 is 0.593 bits per heavy atom. The molecule has 1 amide bonds. The largest absolute Gasteiger partial charge is 0.472 e. The monoisotopic (exact) mass is 783 g/mol. The lowest BCUT2D eigenvalue weighted by Crippen LogP contribution is -2.45. The maximum absolute atomic E-state index is 12.7. The van der Waals surface area contributed by atoms with Gasteiger partial charge in [0.2, 0.25) is 5.91 Å². The maximum Gasteiger partial charge on any atom is 0.472 e. The lowest BCUT2D eigenvalue weighted by Gasteiger charge is -2.23. The van der Waals surface area contributed by atoms with E-state index in [0.29, 0.717) is 6.42 Å². The van der Waals surface area contributed by atoms with Gasteiger partial charge in [0.05, 0.1) is 25.4 Å².